The summed E-state index contributed by atoms with van der Waals surface area (Å²) < 4.78 is 0. The topological polar surface area (TPSA) is 69.7 Å². The lowest BCUT2D eigenvalue weighted by Crippen LogP contribution is -2.45. The number of benzene rings is 1. The van der Waals surface area contributed by atoms with Crippen molar-refractivity contribution in [3.63, 3.8) is 0 Å². The van der Waals surface area contributed by atoms with Gasteiger partial charge in [-0.3, -0.25) is 14.4 Å². The molecule has 28 heavy (non-hydrogen) atoms. The van der Waals surface area contributed by atoms with Crippen molar-refractivity contribution >= 4 is 17.7 Å². The summed E-state index contributed by atoms with van der Waals surface area (Å²) in [6.07, 6.45) is 3.93. The molecule has 1 atom stereocenters. The maximum atomic E-state index is 13.0. The van der Waals surface area contributed by atoms with Crippen LogP contribution in [0.25, 0.3) is 0 Å². The van der Waals surface area contributed by atoms with Crippen LogP contribution in [-0.2, 0) is 9.59 Å². The fraction of sp³-hybridized carbons (Fsp3) is 0.591. The Hall–Kier alpha value is -2.37. The molecule has 0 saturated heterocycles. The van der Waals surface area contributed by atoms with Crippen LogP contribution in [-0.4, -0.2) is 53.2 Å². The van der Waals surface area contributed by atoms with E-state index >= 15 is 0 Å². The van der Waals surface area contributed by atoms with Gasteiger partial charge >= 0.3 is 0 Å². The van der Waals surface area contributed by atoms with Gasteiger partial charge in [0, 0.05) is 24.7 Å². The minimum Gasteiger partial charge on any atom is -0.345 e. The second kappa shape index (κ2) is 8.76. The lowest BCUT2D eigenvalue weighted by molar-refractivity contribution is -0.134. The number of nitrogens with one attached hydrogen (secondary N) is 1. The minimum atomic E-state index is -0.627. The molecule has 1 fully saturated rings. The first kappa shape index (κ1) is 20.4. The smallest absolute Gasteiger partial charge is 0.255 e. The average molecular weight is 386 g/mol. The molecule has 3 amide bonds. The molecule has 1 aromatic carbocycles. The molecular formula is C22H31N3O3. The van der Waals surface area contributed by atoms with Crippen molar-refractivity contribution in [2.75, 3.05) is 19.6 Å². The van der Waals surface area contributed by atoms with Crippen LogP contribution in [0.2, 0.25) is 0 Å². The monoisotopic (exact) mass is 385 g/mol. The number of rotatable bonds is 9. The first-order valence-electron chi connectivity index (χ1n) is 10.5. The lowest BCUT2D eigenvalue weighted by atomic mass is 10.0. The van der Waals surface area contributed by atoms with Gasteiger partial charge in [0.1, 0.15) is 6.04 Å². The summed E-state index contributed by atoms with van der Waals surface area (Å²) in [7, 11) is 0. The van der Waals surface area contributed by atoms with E-state index in [1.54, 1.807) is 11.0 Å². The molecule has 2 aliphatic rings. The second-order valence-corrected chi connectivity index (χ2v) is 7.77. The van der Waals surface area contributed by atoms with E-state index in [2.05, 4.69) is 19.2 Å². The van der Waals surface area contributed by atoms with Gasteiger partial charge in [0.05, 0.1) is 6.54 Å². The molecule has 1 aliphatic heterocycles. The summed E-state index contributed by atoms with van der Waals surface area (Å²) in [6.45, 7) is 7.55. The third-order valence-corrected chi connectivity index (χ3v) is 5.97. The molecule has 6 nitrogen and oxygen atoms in total. The summed E-state index contributed by atoms with van der Waals surface area (Å²) >= 11 is 0. The Morgan fingerprint density at radius 1 is 1.18 bits per heavy atom. The van der Waals surface area contributed by atoms with Gasteiger partial charge in [-0.2, -0.15) is 0 Å². The van der Waals surface area contributed by atoms with Gasteiger partial charge in [-0.15, -0.1) is 0 Å². The normalized spacial score (nSPS) is 18.4. The van der Waals surface area contributed by atoms with E-state index < -0.39 is 6.04 Å². The predicted molar refractivity (Wildman–Crippen MR) is 108 cm³/mol. The van der Waals surface area contributed by atoms with Gasteiger partial charge in [0.25, 0.3) is 5.91 Å². The van der Waals surface area contributed by atoms with Gasteiger partial charge in [-0.1, -0.05) is 44.9 Å². The fourth-order valence-corrected chi connectivity index (χ4v) is 3.97. The minimum absolute atomic E-state index is 0.0296. The molecule has 1 saturated carbocycles. The molecule has 152 valence electrons. The van der Waals surface area contributed by atoms with Crippen molar-refractivity contribution < 1.29 is 14.4 Å². The van der Waals surface area contributed by atoms with Gasteiger partial charge < -0.3 is 15.1 Å². The standard InChI is InChI=1S/C22H31N3O3/c1-4-15(5-2)14-24(6-3)19(26)13-23-21(27)20-17-9-7-8-10-18(17)22(28)25(20)16-11-12-16/h7-10,15-16,20H,4-6,11-14H2,1-3H3,(H,23,27). The lowest BCUT2D eigenvalue weighted by Gasteiger charge is -2.27. The van der Waals surface area contributed by atoms with Gasteiger partial charge in [-0.05, 0) is 37.3 Å². The quantitative estimate of drug-likeness (QED) is 0.711. The van der Waals surface area contributed by atoms with Crippen LogP contribution in [0.5, 0.6) is 0 Å². The predicted octanol–water partition coefficient (Wildman–Crippen LogP) is 2.75. The Bertz CT molecular complexity index is 740. The highest BCUT2D eigenvalue weighted by molar-refractivity contribution is 6.05. The number of hydrogen-bond donors (Lipinski definition) is 1. The molecule has 6 heteroatoms. The van der Waals surface area contributed by atoms with Crippen LogP contribution in [0.4, 0.5) is 0 Å². The Morgan fingerprint density at radius 2 is 1.86 bits per heavy atom. The van der Waals surface area contributed by atoms with Crippen molar-refractivity contribution in [3.8, 4) is 0 Å². The third kappa shape index (κ3) is 4.05. The molecule has 1 aliphatic carbocycles. The highest BCUT2D eigenvalue weighted by Gasteiger charge is 2.47. The van der Waals surface area contributed by atoms with Crippen LogP contribution in [0.1, 0.15) is 68.4 Å². The highest BCUT2D eigenvalue weighted by Crippen LogP contribution is 2.41. The van der Waals surface area contributed by atoms with E-state index in [0.717, 1.165) is 37.8 Å². The first-order valence-corrected chi connectivity index (χ1v) is 10.5. The number of amides is 3. The van der Waals surface area contributed by atoms with Crippen molar-refractivity contribution in [2.24, 2.45) is 5.92 Å². The molecule has 0 bridgehead atoms. The summed E-state index contributed by atoms with van der Waals surface area (Å²) in [4.78, 5) is 41.9. The Kier molecular flexibility index (Phi) is 6.37. The number of fused-ring (bicyclic) bond motifs is 1. The zero-order chi connectivity index (χ0) is 20.3. The van der Waals surface area contributed by atoms with Crippen LogP contribution in [0.3, 0.4) is 0 Å². The van der Waals surface area contributed by atoms with Crippen LogP contribution in [0.15, 0.2) is 24.3 Å². The number of carbonyl (C=O) groups is 3. The summed E-state index contributed by atoms with van der Waals surface area (Å²) in [6, 6.07) is 6.80. The molecule has 0 aromatic heterocycles. The molecule has 1 N–H and O–H groups in total. The maximum Gasteiger partial charge on any atom is 0.255 e. The fourth-order valence-electron chi connectivity index (χ4n) is 3.97. The van der Waals surface area contributed by atoms with Gasteiger partial charge in [0.15, 0.2) is 0 Å². The van der Waals surface area contributed by atoms with E-state index in [9.17, 15) is 14.4 Å². The summed E-state index contributed by atoms with van der Waals surface area (Å²) in [5.41, 5.74) is 1.35. The molecule has 1 unspecified atom stereocenters. The third-order valence-electron chi connectivity index (χ3n) is 5.97. The van der Waals surface area contributed by atoms with Crippen molar-refractivity contribution in [2.45, 2.75) is 58.5 Å². The molecule has 0 spiro atoms. The molecule has 1 heterocycles. The van der Waals surface area contributed by atoms with Crippen molar-refractivity contribution in [1.82, 2.24) is 15.1 Å². The number of carbonyl (C=O) groups excluding carboxylic acids is 3. The second-order valence-electron chi connectivity index (χ2n) is 7.77. The van der Waals surface area contributed by atoms with Crippen LogP contribution in [0, 0.1) is 5.92 Å². The van der Waals surface area contributed by atoms with Crippen molar-refractivity contribution in [1.29, 1.82) is 0 Å². The Morgan fingerprint density at radius 3 is 2.46 bits per heavy atom. The van der Waals surface area contributed by atoms with Crippen LogP contribution >= 0.6 is 0 Å². The summed E-state index contributed by atoms with van der Waals surface area (Å²) in [5.74, 6) is 0.0632. The largest absolute Gasteiger partial charge is 0.345 e. The van der Waals surface area contributed by atoms with E-state index in [-0.39, 0.29) is 30.3 Å². The first-order chi connectivity index (χ1) is 13.5. The Balaban J connectivity index is 1.66. The maximum absolute atomic E-state index is 13.0. The zero-order valence-electron chi connectivity index (χ0n) is 17.1. The summed E-state index contributed by atoms with van der Waals surface area (Å²) in [5, 5.41) is 2.80. The molecule has 3 rings (SSSR count). The van der Waals surface area contributed by atoms with Gasteiger partial charge in [0.2, 0.25) is 11.8 Å². The molecule has 0 radical (unpaired) electrons. The zero-order valence-corrected chi connectivity index (χ0v) is 17.1. The van der Waals surface area contributed by atoms with E-state index in [4.69, 9.17) is 0 Å². The van der Waals surface area contributed by atoms with Crippen molar-refractivity contribution in [3.05, 3.63) is 35.4 Å². The molecular weight excluding hydrogens is 354 g/mol. The van der Waals surface area contributed by atoms with E-state index in [1.165, 1.54) is 0 Å². The Labute approximate surface area is 167 Å². The molecule has 1 aromatic rings. The van der Waals surface area contributed by atoms with E-state index in [0.29, 0.717) is 18.0 Å². The van der Waals surface area contributed by atoms with E-state index in [1.807, 2.05) is 30.0 Å². The number of likely N-dealkylation sites (N-methyl/N-ethyl adjacent to an activating group) is 1. The number of hydrogen-bond acceptors (Lipinski definition) is 3. The highest BCUT2D eigenvalue weighted by atomic mass is 16.2. The van der Waals surface area contributed by atoms with Gasteiger partial charge in [-0.25, -0.2) is 0 Å². The van der Waals surface area contributed by atoms with Crippen LogP contribution < -0.4 is 5.32 Å². The number of nitrogens with zero attached hydrogens (tertiary/aromatic N) is 2. The SMILES string of the molecule is CCC(CC)CN(CC)C(=O)CNC(=O)C1c2ccccc2C(=O)N1C1CC1. The average Bonchev–Trinajstić information content (AvgIpc) is 3.51.